The summed E-state index contributed by atoms with van der Waals surface area (Å²) in [5.74, 6) is 0.376. The van der Waals surface area contributed by atoms with Crippen LogP contribution in [-0.4, -0.2) is 25.9 Å². The van der Waals surface area contributed by atoms with Crippen LogP contribution in [-0.2, 0) is 6.73 Å². The largest absolute Gasteiger partial charge is 0.469 e. The van der Waals surface area contributed by atoms with Crippen LogP contribution in [0.1, 0.15) is 5.56 Å². The van der Waals surface area contributed by atoms with Crippen molar-refractivity contribution >= 4 is 28.5 Å². The van der Waals surface area contributed by atoms with Crippen LogP contribution in [0, 0.1) is 10.1 Å². The van der Waals surface area contributed by atoms with E-state index in [1.54, 1.807) is 18.3 Å². The number of benzene rings is 2. The first-order chi connectivity index (χ1) is 14.7. The minimum atomic E-state index is -0.550. The number of ether oxygens (including phenoxy) is 1. The lowest BCUT2D eigenvalue weighted by Gasteiger charge is -2.04. The smallest absolute Gasteiger partial charge is 0.390 e. The predicted octanol–water partition coefficient (Wildman–Crippen LogP) is 4.40. The van der Waals surface area contributed by atoms with E-state index in [9.17, 15) is 10.1 Å². The van der Waals surface area contributed by atoms with Crippen molar-refractivity contribution in [1.82, 2.24) is 14.8 Å². The van der Waals surface area contributed by atoms with E-state index in [4.69, 9.17) is 4.74 Å². The highest BCUT2D eigenvalue weighted by molar-refractivity contribution is 7.14. The monoisotopic (exact) mass is 420 g/mol. The third-order valence-electron chi connectivity index (χ3n) is 3.98. The van der Waals surface area contributed by atoms with Gasteiger partial charge in [-0.25, -0.2) is 4.98 Å². The normalized spacial score (nSPS) is 10.9. The van der Waals surface area contributed by atoms with E-state index in [-0.39, 0.29) is 12.5 Å². The van der Waals surface area contributed by atoms with Gasteiger partial charge in [0.25, 0.3) is 0 Å². The third kappa shape index (κ3) is 4.86. The van der Waals surface area contributed by atoms with Crippen molar-refractivity contribution in [2.45, 2.75) is 6.73 Å². The number of thiazole rings is 1. The average molecular weight is 420 g/mol. The SMILES string of the molecule is O=[N+]([O-])c1ccn(COc2cccc(C=NNc3nc(-c4ccccc4)cs3)c2)n1. The summed E-state index contributed by atoms with van der Waals surface area (Å²) >= 11 is 1.47. The summed E-state index contributed by atoms with van der Waals surface area (Å²) in [6.07, 6.45) is 3.15. The van der Waals surface area contributed by atoms with E-state index in [1.165, 1.54) is 28.3 Å². The highest BCUT2D eigenvalue weighted by Gasteiger charge is 2.10. The van der Waals surface area contributed by atoms with Gasteiger partial charge in [0.1, 0.15) is 5.75 Å². The summed E-state index contributed by atoms with van der Waals surface area (Å²) in [6.45, 7) is 0.0636. The van der Waals surface area contributed by atoms with Crippen molar-refractivity contribution in [2.75, 3.05) is 5.43 Å². The van der Waals surface area contributed by atoms with E-state index in [0.717, 1.165) is 16.8 Å². The molecule has 10 heteroatoms. The fourth-order valence-corrected chi connectivity index (χ4v) is 3.24. The van der Waals surface area contributed by atoms with Crippen LogP contribution in [0.4, 0.5) is 10.9 Å². The van der Waals surface area contributed by atoms with Gasteiger partial charge in [-0.05, 0) is 22.6 Å². The zero-order chi connectivity index (χ0) is 20.8. The van der Waals surface area contributed by atoms with Crippen LogP contribution in [0.2, 0.25) is 0 Å². The van der Waals surface area contributed by atoms with Crippen LogP contribution < -0.4 is 10.2 Å². The molecule has 2 heterocycles. The first kappa shape index (κ1) is 19.3. The molecular weight excluding hydrogens is 404 g/mol. The Morgan fingerprint density at radius 3 is 2.87 bits per heavy atom. The van der Waals surface area contributed by atoms with E-state index in [2.05, 4.69) is 20.6 Å². The highest BCUT2D eigenvalue weighted by atomic mass is 32.1. The van der Waals surface area contributed by atoms with Crippen molar-refractivity contribution in [3.63, 3.8) is 0 Å². The number of hydrogen-bond acceptors (Lipinski definition) is 8. The maximum atomic E-state index is 10.7. The van der Waals surface area contributed by atoms with Gasteiger partial charge in [-0.15, -0.1) is 16.0 Å². The predicted molar refractivity (Wildman–Crippen MR) is 115 cm³/mol. The standard InChI is InChI=1S/C20H16N6O3S/c27-26(28)19-9-10-25(24-19)14-29-17-8-4-5-15(11-17)12-21-23-20-22-18(13-30-20)16-6-2-1-3-7-16/h1-13H,14H2,(H,22,23). The van der Waals surface area contributed by atoms with E-state index < -0.39 is 4.92 Å². The Hall–Kier alpha value is -4.05. The first-order valence-corrected chi connectivity index (χ1v) is 9.76. The van der Waals surface area contributed by atoms with Gasteiger partial charge in [-0.2, -0.15) is 5.10 Å². The van der Waals surface area contributed by atoms with Crippen LogP contribution in [0.15, 0.2) is 77.3 Å². The van der Waals surface area contributed by atoms with E-state index >= 15 is 0 Å². The molecule has 0 saturated carbocycles. The molecule has 0 amide bonds. The Labute approximate surface area is 175 Å². The van der Waals surface area contributed by atoms with Gasteiger partial charge >= 0.3 is 5.82 Å². The maximum absolute atomic E-state index is 10.7. The molecule has 0 aliphatic heterocycles. The molecule has 0 aliphatic carbocycles. The average Bonchev–Trinajstić information content (AvgIpc) is 3.43. The minimum Gasteiger partial charge on any atom is -0.469 e. The Kier molecular flexibility index (Phi) is 5.76. The quantitative estimate of drug-likeness (QED) is 0.257. The molecule has 0 fully saturated rings. The van der Waals surface area contributed by atoms with Crippen LogP contribution >= 0.6 is 11.3 Å². The number of nitro groups is 1. The molecule has 150 valence electrons. The van der Waals surface area contributed by atoms with Crippen molar-refractivity contribution in [2.24, 2.45) is 5.10 Å². The Balaban J connectivity index is 1.34. The fourth-order valence-electron chi connectivity index (χ4n) is 2.57. The van der Waals surface area contributed by atoms with Crippen LogP contribution in [0.5, 0.6) is 5.75 Å². The molecule has 0 atom stereocenters. The minimum absolute atomic E-state index is 0.0636. The van der Waals surface area contributed by atoms with E-state index in [0.29, 0.717) is 10.9 Å². The second kappa shape index (κ2) is 8.97. The molecule has 0 saturated heterocycles. The molecule has 1 N–H and O–H groups in total. The van der Waals surface area contributed by atoms with Gasteiger partial charge < -0.3 is 14.9 Å². The third-order valence-corrected chi connectivity index (χ3v) is 4.73. The topological polar surface area (TPSA) is 107 Å². The molecule has 4 rings (SSSR count). The van der Waals surface area contributed by atoms with Gasteiger partial charge in [-0.1, -0.05) is 42.5 Å². The number of rotatable bonds is 8. The molecule has 2 aromatic heterocycles. The Morgan fingerprint density at radius 2 is 2.07 bits per heavy atom. The molecular formula is C20H16N6O3S. The Morgan fingerprint density at radius 1 is 1.20 bits per heavy atom. The molecule has 0 spiro atoms. The number of aromatic nitrogens is 3. The highest BCUT2D eigenvalue weighted by Crippen LogP contribution is 2.24. The number of hydrazone groups is 1. The van der Waals surface area contributed by atoms with Gasteiger partial charge in [0, 0.05) is 10.9 Å². The number of nitrogens with one attached hydrogen (secondary N) is 1. The van der Waals surface area contributed by atoms with Crippen molar-refractivity contribution < 1.29 is 9.66 Å². The van der Waals surface area contributed by atoms with Gasteiger partial charge in [0.15, 0.2) is 0 Å². The lowest BCUT2D eigenvalue weighted by molar-refractivity contribution is -0.389. The summed E-state index contributed by atoms with van der Waals surface area (Å²) in [6, 6.07) is 18.6. The second-order valence-electron chi connectivity index (χ2n) is 6.09. The van der Waals surface area contributed by atoms with Gasteiger partial charge in [0.2, 0.25) is 11.9 Å². The lowest BCUT2D eigenvalue weighted by atomic mass is 10.2. The number of nitrogens with zero attached hydrogens (tertiary/aromatic N) is 5. The molecule has 0 radical (unpaired) electrons. The second-order valence-corrected chi connectivity index (χ2v) is 6.95. The summed E-state index contributed by atoms with van der Waals surface area (Å²) in [5.41, 5.74) is 5.71. The molecule has 9 nitrogen and oxygen atoms in total. The molecule has 0 unspecified atom stereocenters. The van der Waals surface area contributed by atoms with Crippen molar-refractivity contribution in [3.05, 3.63) is 87.9 Å². The van der Waals surface area contributed by atoms with Gasteiger partial charge in [0.05, 0.1) is 29.3 Å². The summed E-state index contributed by atoms with van der Waals surface area (Å²) in [4.78, 5) is 14.6. The van der Waals surface area contributed by atoms with Crippen molar-refractivity contribution in [1.29, 1.82) is 0 Å². The number of hydrogen-bond donors (Lipinski definition) is 1. The molecule has 30 heavy (non-hydrogen) atoms. The lowest BCUT2D eigenvalue weighted by Crippen LogP contribution is -2.06. The van der Waals surface area contributed by atoms with E-state index in [1.807, 2.05) is 47.8 Å². The number of anilines is 1. The zero-order valence-electron chi connectivity index (χ0n) is 15.6. The molecule has 0 aliphatic rings. The van der Waals surface area contributed by atoms with Crippen LogP contribution in [0.25, 0.3) is 11.3 Å². The maximum Gasteiger partial charge on any atom is 0.390 e. The van der Waals surface area contributed by atoms with Gasteiger partial charge in [-0.3, -0.25) is 5.43 Å². The summed E-state index contributed by atoms with van der Waals surface area (Å²) < 4.78 is 6.98. The molecule has 4 aromatic rings. The van der Waals surface area contributed by atoms with Crippen LogP contribution in [0.3, 0.4) is 0 Å². The molecule has 2 aromatic carbocycles. The summed E-state index contributed by atoms with van der Waals surface area (Å²) in [7, 11) is 0. The molecule has 0 bridgehead atoms. The zero-order valence-corrected chi connectivity index (χ0v) is 16.4. The van der Waals surface area contributed by atoms with Crippen molar-refractivity contribution in [3.8, 4) is 17.0 Å². The first-order valence-electron chi connectivity index (χ1n) is 8.88. The summed E-state index contributed by atoms with van der Waals surface area (Å²) in [5, 5.41) is 21.4. The fraction of sp³-hybridized carbons (Fsp3) is 0.0500. The Bertz CT molecular complexity index is 1170.